The number of nitrogens with one attached hydrogen (secondary N) is 1. The van der Waals surface area contributed by atoms with Gasteiger partial charge in [-0.15, -0.1) is 11.3 Å². The van der Waals surface area contributed by atoms with E-state index in [9.17, 15) is 0 Å². The van der Waals surface area contributed by atoms with Gasteiger partial charge in [-0.1, -0.05) is 0 Å². The van der Waals surface area contributed by atoms with Crippen molar-refractivity contribution in [2.75, 3.05) is 6.61 Å². The Bertz CT molecular complexity index is 363. The first-order valence-corrected chi connectivity index (χ1v) is 7.58. The predicted octanol–water partition coefficient (Wildman–Crippen LogP) is 2.03. The molecule has 1 aromatic rings. The summed E-state index contributed by atoms with van der Waals surface area (Å²) in [5.41, 5.74) is 4.08. The second kappa shape index (κ2) is 6.61. The summed E-state index contributed by atoms with van der Waals surface area (Å²) in [7, 11) is 0. The van der Waals surface area contributed by atoms with E-state index < -0.39 is 0 Å². The van der Waals surface area contributed by atoms with Crippen LogP contribution in [0, 0.1) is 12.8 Å². The van der Waals surface area contributed by atoms with E-state index in [1.165, 1.54) is 12.8 Å². The number of nitrogens with zero attached hydrogens (tertiary/aromatic N) is 1. The van der Waals surface area contributed by atoms with Crippen LogP contribution in [0.2, 0.25) is 0 Å². The maximum Gasteiger partial charge on any atom is 0.0897 e. The highest BCUT2D eigenvalue weighted by atomic mass is 32.1. The highest BCUT2D eigenvalue weighted by Crippen LogP contribution is 2.33. The van der Waals surface area contributed by atoms with Gasteiger partial charge in [0.1, 0.15) is 0 Å². The van der Waals surface area contributed by atoms with Crippen LogP contribution in [-0.2, 0) is 11.2 Å². The van der Waals surface area contributed by atoms with Gasteiger partial charge in [0.15, 0.2) is 0 Å². The lowest BCUT2D eigenvalue weighted by Gasteiger charge is -2.36. The third kappa shape index (κ3) is 3.75. The monoisotopic (exact) mass is 269 g/mol. The van der Waals surface area contributed by atoms with E-state index in [1.807, 2.05) is 6.92 Å². The number of rotatable bonds is 7. The van der Waals surface area contributed by atoms with Gasteiger partial charge in [0.25, 0.3) is 0 Å². The van der Waals surface area contributed by atoms with Crippen molar-refractivity contribution in [1.29, 1.82) is 0 Å². The molecule has 1 unspecified atom stereocenters. The molecule has 1 aliphatic carbocycles. The first-order chi connectivity index (χ1) is 8.71. The topological polar surface area (TPSA) is 60.2 Å². The summed E-state index contributed by atoms with van der Waals surface area (Å²) >= 11 is 1.70. The summed E-state index contributed by atoms with van der Waals surface area (Å²) in [6.07, 6.45) is 4.90. The Labute approximate surface area is 113 Å². The lowest BCUT2D eigenvalue weighted by atomic mass is 9.77. The van der Waals surface area contributed by atoms with Crippen LogP contribution in [0.3, 0.4) is 0 Å². The summed E-state index contributed by atoms with van der Waals surface area (Å²) < 4.78 is 5.58. The van der Waals surface area contributed by atoms with Crippen LogP contribution in [0.15, 0.2) is 5.38 Å². The lowest BCUT2D eigenvalue weighted by molar-refractivity contribution is -0.0290. The number of aromatic nitrogens is 1. The molecular weight excluding hydrogens is 246 g/mol. The molecule has 0 amide bonds. The van der Waals surface area contributed by atoms with E-state index in [2.05, 4.69) is 22.7 Å². The second-order valence-electron chi connectivity index (χ2n) is 5.08. The predicted molar refractivity (Wildman–Crippen MR) is 74.4 cm³/mol. The third-order valence-corrected chi connectivity index (χ3v) is 4.39. The maximum atomic E-state index is 5.64. The molecule has 1 atom stereocenters. The van der Waals surface area contributed by atoms with Crippen molar-refractivity contribution in [3.05, 3.63) is 16.1 Å². The average molecular weight is 269 g/mol. The molecule has 3 N–H and O–H groups in total. The fourth-order valence-corrected chi connectivity index (χ4v) is 3.23. The number of aryl methyl sites for hydroxylation is 1. The van der Waals surface area contributed by atoms with Gasteiger partial charge in [0, 0.05) is 24.4 Å². The van der Waals surface area contributed by atoms with Crippen LogP contribution in [0.5, 0.6) is 0 Å². The Kier molecular flexibility index (Phi) is 5.12. The molecule has 0 bridgehead atoms. The average Bonchev–Trinajstić information content (AvgIpc) is 2.70. The molecule has 0 radical (unpaired) electrons. The molecule has 1 fully saturated rings. The Morgan fingerprint density at radius 3 is 2.94 bits per heavy atom. The van der Waals surface area contributed by atoms with E-state index >= 15 is 0 Å². The van der Waals surface area contributed by atoms with Crippen LogP contribution in [-0.4, -0.2) is 23.7 Å². The molecule has 1 heterocycles. The van der Waals surface area contributed by atoms with Crippen LogP contribution < -0.4 is 11.3 Å². The molecule has 1 aromatic heterocycles. The second-order valence-corrected chi connectivity index (χ2v) is 6.14. The number of nitrogens with two attached hydrogens (primary N) is 1. The van der Waals surface area contributed by atoms with E-state index in [0.717, 1.165) is 36.1 Å². The number of thiazole rings is 1. The fourth-order valence-electron chi connectivity index (χ4n) is 2.61. The third-order valence-electron chi connectivity index (χ3n) is 3.57. The Morgan fingerprint density at radius 1 is 1.61 bits per heavy atom. The van der Waals surface area contributed by atoms with E-state index in [4.69, 9.17) is 10.6 Å². The minimum absolute atomic E-state index is 0.332. The van der Waals surface area contributed by atoms with E-state index in [-0.39, 0.29) is 0 Å². The summed E-state index contributed by atoms with van der Waals surface area (Å²) in [6.45, 7) is 4.92. The zero-order valence-electron chi connectivity index (χ0n) is 11.2. The molecule has 1 saturated carbocycles. The molecule has 0 spiro atoms. The first kappa shape index (κ1) is 13.9. The Hall–Kier alpha value is -0.490. The molecule has 1 aliphatic rings. The molecule has 18 heavy (non-hydrogen) atoms. The van der Waals surface area contributed by atoms with Gasteiger partial charge in [-0.2, -0.15) is 0 Å². The van der Waals surface area contributed by atoms with Crippen molar-refractivity contribution in [1.82, 2.24) is 10.4 Å². The van der Waals surface area contributed by atoms with Gasteiger partial charge in [0.2, 0.25) is 0 Å². The van der Waals surface area contributed by atoms with Crippen LogP contribution in [0.1, 0.15) is 36.9 Å². The first-order valence-electron chi connectivity index (χ1n) is 6.70. The SMILES string of the molecule is CCOC1CC(CC(Cc2csc(C)n2)NN)C1. The summed E-state index contributed by atoms with van der Waals surface area (Å²) in [6, 6.07) is 0.332. The molecular formula is C13H23N3OS. The molecule has 2 rings (SSSR count). The smallest absolute Gasteiger partial charge is 0.0897 e. The van der Waals surface area contributed by atoms with E-state index in [0.29, 0.717) is 12.1 Å². The molecule has 5 heteroatoms. The number of hydrogen-bond acceptors (Lipinski definition) is 5. The van der Waals surface area contributed by atoms with E-state index in [1.54, 1.807) is 11.3 Å². The highest BCUT2D eigenvalue weighted by molar-refractivity contribution is 7.09. The van der Waals surface area contributed by atoms with Gasteiger partial charge >= 0.3 is 0 Å². The van der Waals surface area contributed by atoms with Crippen molar-refractivity contribution < 1.29 is 4.74 Å². The van der Waals surface area contributed by atoms with Crippen molar-refractivity contribution in [2.45, 2.75) is 51.7 Å². The van der Waals surface area contributed by atoms with Crippen molar-refractivity contribution in [2.24, 2.45) is 11.8 Å². The van der Waals surface area contributed by atoms with Crippen molar-refractivity contribution in [3.63, 3.8) is 0 Å². The zero-order valence-corrected chi connectivity index (χ0v) is 12.0. The van der Waals surface area contributed by atoms with Gasteiger partial charge in [0.05, 0.1) is 16.8 Å². The van der Waals surface area contributed by atoms with Gasteiger partial charge in [-0.3, -0.25) is 11.3 Å². The number of hydrazine groups is 1. The van der Waals surface area contributed by atoms with Crippen LogP contribution >= 0.6 is 11.3 Å². The zero-order chi connectivity index (χ0) is 13.0. The summed E-state index contributed by atoms with van der Waals surface area (Å²) in [4.78, 5) is 4.49. The standard InChI is InChI=1S/C13H23N3OS/c1-3-17-13-5-10(6-13)4-11(16-14)7-12-8-18-9(2)15-12/h8,10-11,13,16H,3-7,14H2,1-2H3. The van der Waals surface area contributed by atoms with Crippen LogP contribution in [0.4, 0.5) is 0 Å². The summed E-state index contributed by atoms with van der Waals surface area (Å²) in [5, 5.41) is 3.25. The quantitative estimate of drug-likeness (QED) is 0.587. The Balaban J connectivity index is 1.73. The minimum atomic E-state index is 0.332. The normalized spacial score (nSPS) is 24.8. The number of ether oxygens (including phenoxy) is 1. The fraction of sp³-hybridized carbons (Fsp3) is 0.769. The largest absolute Gasteiger partial charge is 0.378 e. The van der Waals surface area contributed by atoms with Gasteiger partial charge < -0.3 is 4.74 Å². The number of hydrogen-bond donors (Lipinski definition) is 2. The highest BCUT2D eigenvalue weighted by Gasteiger charge is 2.31. The maximum absolute atomic E-state index is 5.64. The molecule has 0 aromatic carbocycles. The minimum Gasteiger partial charge on any atom is -0.378 e. The lowest BCUT2D eigenvalue weighted by Crippen LogP contribution is -2.42. The Morgan fingerprint density at radius 2 is 2.39 bits per heavy atom. The molecule has 0 saturated heterocycles. The molecule has 4 nitrogen and oxygen atoms in total. The summed E-state index contributed by atoms with van der Waals surface area (Å²) in [5.74, 6) is 6.39. The van der Waals surface area contributed by atoms with Crippen molar-refractivity contribution in [3.8, 4) is 0 Å². The van der Waals surface area contributed by atoms with Gasteiger partial charge in [-0.05, 0) is 39.0 Å². The van der Waals surface area contributed by atoms with Crippen molar-refractivity contribution >= 4 is 11.3 Å². The van der Waals surface area contributed by atoms with Crippen LogP contribution in [0.25, 0.3) is 0 Å². The molecule has 102 valence electrons. The molecule has 0 aliphatic heterocycles. The van der Waals surface area contributed by atoms with Gasteiger partial charge in [-0.25, -0.2) is 4.98 Å².